The minimum atomic E-state index is -0.681. The summed E-state index contributed by atoms with van der Waals surface area (Å²) in [5.41, 5.74) is 6.69. The number of carbonyl (C=O) groups is 1. The molecule has 2 aliphatic rings. The standard InChI is InChI=1S/C20H24F2N4O2.2ClH/c1-25-15(2-3-16(25)10-23)9-19(27)26-5-4-18-17(11-26)24-20(28-18)12-6-13(21)8-14(22)7-12;;/h6-8,15-16H,2-5,9-11,23H2,1H3;2*1H/t15-,16+;;/m0../s1. The van der Waals surface area contributed by atoms with Crippen molar-refractivity contribution in [2.75, 3.05) is 20.1 Å². The smallest absolute Gasteiger partial charge is 0.226 e. The number of rotatable bonds is 4. The molecule has 1 aromatic carbocycles. The van der Waals surface area contributed by atoms with E-state index in [4.69, 9.17) is 10.2 Å². The van der Waals surface area contributed by atoms with Gasteiger partial charge in [-0.05, 0) is 32.0 Å². The van der Waals surface area contributed by atoms with Gasteiger partial charge in [0.1, 0.15) is 23.1 Å². The Morgan fingerprint density at radius 1 is 1.20 bits per heavy atom. The number of aromatic nitrogens is 1. The summed E-state index contributed by atoms with van der Waals surface area (Å²) in [6, 6.07) is 3.74. The number of nitrogens with zero attached hydrogens (tertiary/aromatic N) is 3. The topological polar surface area (TPSA) is 75.6 Å². The van der Waals surface area contributed by atoms with E-state index in [1.54, 1.807) is 4.90 Å². The number of fused-ring (bicyclic) bond motifs is 1. The molecular formula is C20H26Cl2F2N4O2. The zero-order chi connectivity index (χ0) is 19.8. The first-order valence-corrected chi connectivity index (χ1v) is 9.59. The molecule has 2 aromatic rings. The van der Waals surface area contributed by atoms with E-state index in [0.717, 1.165) is 18.9 Å². The van der Waals surface area contributed by atoms with Gasteiger partial charge < -0.3 is 15.1 Å². The maximum Gasteiger partial charge on any atom is 0.226 e. The molecule has 0 spiro atoms. The zero-order valence-electron chi connectivity index (χ0n) is 16.6. The summed E-state index contributed by atoms with van der Waals surface area (Å²) in [4.78, 5) is 21.2. The van der Waals surface area contributed by atoms with Crippen LogP contribution in [0.5, 0.6) is 0 Å². The second-order valence-corrected chi connectivity index (χ2v) is 7.60. The Kier molecular flexibility index (Phi) is 8.21. The van der Waals surface area contributed by atoms with Crippen molar-refractivity contribution >= 4 is 30.7 Å². The summed E-state index contributed by atoms with van der Waals surface area (Å²) in [6.07, 6.45) is 2.99. The number of benzene rings is 1. The number of likely N-dealkylation sites (N-methyl/N-ethyl adjacent to an activating group) is 1. The average molecular weight is 463 g/mol. The van der Waals surface area contributed by atoms with E-state index in [-0.39, 0.29) is 48.2 Å². The van der Waals surface area contributed by atoms with Crippen molar-refractivity contribution in [2.24, 2.45) is 5.73 Å². The highest BCUT2D eigenvalue weighted by Gasteiger charge is 2.33. The Balaban J connectivity index is 0.00000160. The van der Waals surface area contributed by atoms with Crippen molar-refractivity contribution in [1.29, 1.82) is 0 Å². The van der Waals surface area contributed by atoms with Crippen LogP contribution in [0.3, 0.4) is 0 Å². The van der Waals surface area contributed by atoms with Crippen molar-refractivity contribution < 1.29 is 18.0 Å². The maximum atomic E-state index is 13.5. The first kappa shape index (κ1) is 24.5. The Labute approximate surface area is 186 Å². The monoisotopic (exact) mass is 462 g/mol. The van der Waals surface area contributed by atoms with Crippen molar-refractivity contribution in [1.82, 2.24) is 14.8 Å². The second-order valence-electron chi connectivity index (χ2n) is 7.60. The third kappa shape index (κ3) is 4.94. The molecule has 0 unspecified atom stereocenters. The SMILES string of the molecule is CN1[C@@H](CN)CC[C@H]1CC(=O)N1CCc2oc(-c3cc(F)cc(F)c3)nc2C1.Cl.Cl. The van der Waals surface area contributed by atoms with Crippen LogP contribution in [-0.2, 0) is 17.8 Å². The Morgan fingerprint density at radius 2 is 1.87 bits per heavy atom. The quantitative estimate of drug-likeness (QED) is 0.754. The summed E-state index contributed by atoms with van der Waals surface area (Å²) in [5, 5.41) is 0. The van der Waals surface area contributed by atoms with Crippen molar-refractivity contribution in [2.45, 2.75) is 44.3 Å². The molecule has 0 radical (unpaired) electrons. The predicted molar refractivity (Wildman–Crippen MR) is 114 cm³/mol. The van der Waals surface area contributed by atoms with Crippen molar-refractivity contribution in [3.8, 4) is 11.5 Å². The van der Waals surface area contributed by atoms with Crippen LogP contribution in [0.15, 0.2) is 22.6 Å². The molecule has 30 heavy (non-hydrogen) atoms. The first-order chi connectivity index (χ1) is 13.4. The summed E-state index contributed by atoms with van der Waals surface area (Å²) in [6.45, 7) is 1.51. The maximum absolute atomic E-state index is 13.5. The summed E-state index contributed by atoms with van der Waals surface area (Å²) < 4.78 is 32.6. The van der Waals surface area contributed by atoms with Gasteiger partial charge in [-0.1, -0.05) is 0 Å². The van der Waals surface area contributed by atoms with Gasteiger partial charge in [0.25, 0.3) is 0 Å². The minimum Gasteiger partial charge on any atom is -0.441 e. The number of hydrogen-bond acceptors (Lipinski definition) is 5. The lowest BCUT2D eigenvalue weighted by Gasteiger charge is -2.29. The van der Waals surface area contributed by atoms with Crippen LogP contribution in [-0.4, -0.2) is 52.9 Å². The van der Waals surface area contributed by atoms with Gasteiger partial charge in [0.05, 0.1) is 6.54 Å². The molecule has 2 aliphatic heterocycles. The normalized spacial score (nSPS) is 21.0. The highest BCUT2D eigenvalue weighted by molar-refractivity contribution is 5.85. The van der Waals surface area contributed by atoms with Gasteiger partial charge in [0, 0.05) is 49.6 Å². The minimum absolute atomic E-state index is 0. The van der Waals surface area contributed by atoms with E-state index in [0.29, 0.717) is 50.0 Å². The van der Waals surface area contributed by atoms with Crippen LogP contribution in [0.25, 0.3) is 11.5 Å². The van der Waals surface area contributed by atoms with E-state index >= 15 is 0 Å². The number of oxazole rings is 1. The lowest BCUT2D eigenvalue weighted by molar-refractivity contribution is -0.133. The molecule has 4 rings (SSSR count). The molecule has 0 saturated carbocycles. The van der Waals surface area contributed by atoms with Crippen molar-refractivity contribution in [3.05, 3.63) is 41.3 Å². The largest absolute Gasteiger partial charge is 0.441 e. The Bertz CT molecular complexity index is 875. The molecule has 1 fully saturated rings. The summed E-state index contributed by atoms with van der Waals surface area (Å²) >= 11 is 0. The number of likely N-dealkylation sites (tertiary alicyclic amines) is 1. The van der Waals surface area contributed by atoms with Crippen molar-refractivity contribution in [3.63, 3.8) is 0 Å². The molecular weight excluding hydrogens is 437 g/mol. The van der Waals surface area contributed by atoms with E-state index in [1.807, 2.05) is 7.05 Å². The van der Waals surface area contributed by atoms with E-state index in [2.05, 4.69) is 9.88 Å². The summed E-state index contributed by atoms with van der Waals surface area (Å²) in [5.74, 6) is -0.427. The first-order valence-electron chi connectivity index (χ1n) is 9.59. The third-order valence-electron chi connectivity index (χ3n) is 5.86. The molecule has 2 N–H and O–H groups in total. The number of nitrogens with two attached hydrogens (primary N) is 1. The van der Waals surface area contributed by atoms with Gasteiger partial charge >= 0.3 is 0 Å². The highest BCUT2D eigenvalue weighted by atomic mass is 35.5. The lowest BCUT2D eigenvalue weighted by Crippen LogP contribution is -2.42. The van der Waals surface area contributed by atoms with Crippen LogP contribution >= 0.6 is 24.8 Å². The van der Waals surface area contributed by atoms with Crippen LogP contribution in [0.2, 0.25) is 0 Å². The van der Waals surface area contributed by atoms with Gasteiger partial charge in [-0.15, -0.1) is 24.8 Å². The van der Waals surface area contributed by atoms with E-state index in [1.165, 1.54) is 12.1 Å². The van der Waals surface area contributed by atoms with Gasteiger partial charge in [-0.25, -0.2) is 13.8 Å². The number of hydrogen-bond donors (Lipinski definition) is 1. The Morgan fingerprint density at radius 3 is 2.50 bits per heavy atom. The fraction of sp³-hybridized carbons (Fsp3) is 0.500. The number of carbonyl (C=O) groups excluding carboxylic acids is 1. The van der Waals surface area contributed by atoms with Gasteiger partial charge in [-0.3, -0.25) is 9.69 Å². The second kappa shape index (κ2) is 10.0. The van der Waals surface area contributed by atoms with Gasteiger partial charge in [-0.2, -0.15) is 0 Å². The number of halogens is 4. The Hall–Kier alpha value is -1.74. The molecule has 2 atom stereocenters. The van der Waals surface area contributed by atoms with Crippen LogP contribution in [0, 0.1) is 11.6 Å². The molecule has 1 aromatic heterocycles. The molecule has 1 saturated heterocycles. The average Bonchev–Trinajstić information content (AvgIpc) is 3.24. The van der Waals surface area contributed by atoms with Crippen LogP contribution in [0.4, 0.5) is 8.78 Å². The lowest BCUT2D eigenvalue weighted by atomic mass is 10.1. The molecule has 166 valence electrons. The molecule has 0 bridgehead atoms. The number of amides is 1. The molecule has 10 heteroatoms. The molecule has 0 aliphatic carbocycles. The molecule has 6 nitrogen and oxygen atoms in total. The highest BCUT2D eigenvalue weighted by Crippen LogP contribution is 2.29. The van der Waals surface area contributed by atoms with Gasteiger partial charge in [0.15, 0.2) is 0 Å². The van der Waals surface area contributed by atoms with E-state index in [9.17, 15) is 13.6 Å². The van der Waals surface area contributed by atoms with E-state index < -0.39 is 11.6 Å². The molecule has 1 amide bonds. The van der Waals surface area contributed by atoms with Gasteiger partial charge in [0.2, 0.25) is 11.8 Å². The predicted octanol–water partition coefficient (Wildman–Crippen LogP) is 3.16. The van der Waals surface area contributed by atoms with Crippen LogP contribution in [0.1, 0.15) is 30.7 Å². The third-order valence-corrected chi connectivity index (χ3v) is 5.86. The molecule has 3 heterocycles. The van der Waals surface area contributed by atoms with Crippen LogP contribution < -0.4 is 5.73 Å². The fourth-order valence-electron chi connectivity index (χ4n) is 4.16. The zero-order valence-corrected chi connectivity index (χ0v) is 18.3. The summed E-state index contributed by atoms with van der Waals surface area (Å²) in [7, 11) is 2.03. The fourth-order valence-corrected chi connectivity index (χ4v) is 4.16.